The third-order valence-corrected chi connectivity index (χ3v) is 4.21. The normalized spacial score (nSPS) is 12.1. The summed E-state index contributed by atoms with van der Waals surface area (Å²) in [6.45, 7) is 2.10. The molecule has 0 radical (unpaired) electrons. The van der Waals surface area contributed by atoms with Gasteiger partial charge in [0.25, 0.3) is 0 Å². The number of carbonyl (C=O) groups excluding carboxylic acids is 2. The van der Waals surface area contributed by atoms with Crippen molar-refractivity contribution in [3.05, 3.63) is 78.7 Å². The molecule has 1 heterocycles. The largest absolute Gasteiger partial charge is 0.463 e. The summed E-state index contributed by atoms with van der Waals surface area (Å²) in [6, 6.07) is 11.4. The Kier molecular flexibility index (Phi) is 8.63. The lowest BCUT2D eigenvalue weighted by Gasteiger charge is -2.18. The lowest BCUT2D eigenvalue weighted by molar-refractivity contribution is -0.137. The maximum absolute atomic E-state index is 12.9. The van der Waals surface area contributed by atoms with Crippen molar-refractivity contribution in [2.75, 3.05) is 30.9 Å². The molecule has 1 atom stereocenters. The highest BCUT2D eigenvalue weighted by Gasteiger charge is 2.19. The zero-order valence-electron chi connectivity index (χ0n) is 17.0. The van der Waals surface area contributed by atoms with Gasteiger partial charge in [-0.2, -0.15) is 0 Å². The number of esters is 1. The Balaban J connectivity index is 2.14. The zero-order chi connectivity index (χ0) is 21.1. The molecule has 0 aliphatic carbocycles. The molecule has 2 aromatic rings. The number of aromatic nitrogens is 1. The smallest absolute Gasteiger partial charge is 0.330 e. The Labute approximate surface area is 171 Å². The van der Waals surface area contributed by atoms with E-state index in [1.807, 2.05) is 49.3 Å². The molecule has 0 aliphatic heterocycles. The van der Waals surface area contributed by atoms with Gasteiger partial charge in [-0.05, 0) is 43.2 Å². The molecule has 1 aromatic heterocycles. The van der Waals surface area contributed by atoms with Crippen LogP contribution in [0.5, 0.6) is 0 Å². The third-order valence-electron chi connectivity index (χ3n) is 4.21. The second-order valence-corrected chi connectivity index (χ2v) is 6.54. The predicted octanol–water partition coefficient (Wildman–Crippen LogP) is 3.94. The van der Waals surface area contributed by atoms with Crippen LogP contribution < -0.4 is 10.2 Å². The van der Waals surface area contributed by atoms with E-state index in [1.165, 1.54) is 6.08 Å². The predicted molar refractivity (Wildman–Crippen MR) is 116 cm³/mol. The van der Waals surface area contributed by atoms with Gasteiger partial charge in [0.15, 0.2) is 0 Å². The zero-order valence-corrected chi connectivity index (χ0v) is 17.0. The number of nitrogens with one attached hydrogen (secondary N) is 1. The van der Waals surface area contributed by atoms with E-state index in [4.69, 9.17) is 4.74 Å². The maximum atomic E-state index is 12.9. The highest BCUT2D eigenvalue weighted by Crippen LogP contribution is 2.25. The summed E-state index contributed by atoms with van der Waals surface area (Å²) >= 11 is 0. The summed E-state index contributed by atoms with van der Waals surface area (Å²) < 4.78 is 4.84. The fourth-order valence-corrected chi connectivity index (χ4v) is 2.68. The molecule has 0 saturated carbocycles. The van der Waals surface area contributed by atoms with E-state index in [-0.39, 0.29) is 17.8 Å². The van der Waals surface area contributed by atoms with E-state index in [0.29, 0.717) is 18.7 Å². The van der Waals surface area contributed by atoms with E-state index >= 15 is 0 Å². The molecule has 0 spiro atoms. The molecule has 1 N–H and O–H groups in total. The van der Waals surface area contributed by atoms with Crippen molar-refractivity contribution in [3.63, 3.8) is 0 Å². The van der Waals surface area contributed by atoms with Crippen molar-refractivity contribution in [2.24, 2.45) is 0 Å². The Morgan fingerprint density at radius 2 is 1.79 bits per heavy atom. The highest BCUT2D eigenvalue weighted by atomic mass is 16.5. The molecule has 6 heteroatoms. The Bertz CT molecular complexity index is 843. The lowest BCUT2D eigenvalue weighted by Crippen LogP contribution is -2.21. The number of pyridine rings is 1. The van der Waals surface area contributed by atoms with Gasteiger partial charge in [0.1, 0.15) is 0 Å². The summed E-state index contributed by atoms with van der Waals surface area (Å²) in [5, 5.41) is 2.94. The minimum Gasteiger partial charge on any atom is -0.463 e. The topological polar surface area (TPSA) is 71.5 Å². The van der Waals surface area contributed by atoms with E-state index in [2.05, 4.69) is 10.3 Å². The quantitative estimate of drug-likeness (QED) is 0.397. The summed E-state index contributed by atoms with van der Waals surface area (Å²) in [4.78, 5) is 30.2. The molecule has 0 bridgehead atoms. The van der Waals surface area contributed by atoms with Gasteiger partial charge in [0, 0.05) is 43.9 Å². The van der Waals surface area contributed by atoms with Crippen LogP contribution in [0.25, 0.3) is 0 Å². The van der Waals surface area contributed by atoms with Crippen LogP contribution in [-0.2, 0) is 14.3 Å². The number of rotatable bonds is 9. The Morgan fingerprint density at radius 3 is 2.41 bits per heavy atom. The molecule has 0 aliphatic rings. The van der Waals surface area contributed by atoms with Crippen LogP contribution in [0.4, 0.5) is 11.4 Å². The number of anilines is 2. The standard InChI is InChI=1S/C23H27N3O3/c1-4-29-22(27)9-7-5-6-8-21(18-10-12-20(13-11-18)26(2)3)23(28)25-19-14-16-24-17-15-19/h5-7,9-17,21H,4,8H2,1-3H3,(H,24,25,28)/t21-/m0/s1. The molecular weight excluding hydrogens is 366 g/mol. The summed E-state index contributed by atoms with van der Waals surface area (Å²) in [5.41, 5.74) is 2.68. The third kappa shape index (κ3) is 7.25. The van der Waals surface area contributed by atoms with E-state index in [0.717, 1.165) is 11.3 Å². The fourth-order valence-electron chi connectivity index (χ4n) is 2.68. The van der Waals surface area contributed by atoms with Gasteiger partial charge in [-0.3, -0.25) is 9.78 Å². The first kappa shape index (κ1) is 21.9. The number of allylic oxidation sites excluding steroid dienone is 3. The second kappa shape index (κ2) is 11.4. The van der Waals surface area contributed by atoms with Gasteiger partial charge in [0.2, 0.25) is 5.91 Å². The molecule has 6 nitrogen and oxygen atoms in total. The molecule has 152 valence electrons. The molecular formula is C23H27N3O3. The van der Waals surface area contributed by atoms with Crippen molar-refractivity contribution in [1.82, 2.24) is 4.98 Å². The van der Waals surface area contributed by atoms with Gasteiger partial charge in [-0.15, -0.1) is 0 Å². The van der Waals surface area contributed by atoms with Crippen molar-refractivity contribution in [1.29, 1.82) is 0 Å². The first-order valence-corrected chi connectivity index (χ1v) is 9.49. The average Bonchev–Trinajstić information content (AvgIpc) is 2.71. The van der Waals surface area contributed by atoms with Gasteiger partial charge in [-0.25, -0.2) is 4.79 Å². The van der Waals surface area contributed by atoms with Crippen LogP contribution in [-0.4, -0.2) is 37.6 Å². The SMILES string of the molecule is CCOC(=O)C=CC=CC[C@H](C(=O)Nc1ccncc1)c1ccc(N(C)C)cc1. The van der Waals surface area contributed by atoms with Crippen LogP contribution in [0.2, 0.25) is 0 Å². The average molecular weight is 393 g/mol. The number of hydrogen-bond acceptors (Lipinski definition) is 5. The molecule has 0 fully saturated rings. The van der Waals surface area contributed by atoms with E-state index < -0.39 is 0 Å². The number of nitrogens with zero attached hydrogens (tertiary/aromatic N) is 2. The Hall–Kier alpha value is -3.41. The van der Waals surface area contributed by atoms with Crippen molar-refractivity contribution in [3.8, 4) is 0 Å². The fraction of sp³-hybridized carbons (Fsp3) is 0.261. The number of ether oxygens (including phenoxy) is 1. The second-order valence-electron chi connectivity index (χ2n) is 6.54. The first-order valence-electron chi connectivity index (χ1n) is 9.49. The van der Waals surface area contributed by atoms with Gasteiger partial charge in [0.05, 0.1) is 12.5 Å². The molecule has 1 aromatic carbocycles. The maximum Gasteiger partial charge on any atom is 0.330 e. The van der Waals surface area contributed by atoms with Gasteiger partial charge >= 0.3 is 5.97 Å². The molecule has 0 unspecified atom stereocenters. The van der Waals surface area contributed by atoms with Crippen LogP contribution in [0.3, 0.4) is 0 Å². The summed E-state index contributed by atoms with van der Waals surface area (Å²) in [6.07, 6.45) is 10.4. The van der Waals surface area contributed by atoms with E-state index in [1.54, 1.807) is 43.6 Å². The number of amides is 1. The summed E-state index contributed by atoms with van der Waals surface area (Å²) in [7, 11) is 3.95. The van der Waals surface area contributed by atoms with Crippen LogP contribution in [0.15, 0.2) is 73.1 Å². The van der Waals surface area contributed by atoms with Crippen LogP contribution >= 0.6 is 0 Å². The summed E-state index contributed by atoms with van der Waals surface area (Å²) in [5.74, 6) is -0.858. The van der Waals surface area contributed by atoms with Crippen LogP contribution in [0.1, 0.15) is 24.8 Å². The van der Waals surface area contributed by atoms with Crippen molar-refractivity contribution >= 4 is 23.3 Å². The monoisotopic (exact) mass is 393 g/mol. The minimum absolute atomic E-state index is 0.104. The lowest BCUT2D eigenvalue weighted by atomic mass is 9.94. The first-order chi connectivity index (χ1) is 14.0. The minimum atomic E-state index is -0.386. The molecule has 29 heavy (non-hydrogen) atoms. The molecule has 1 amide bonds. The van der Waals surface area contributed by atoms with Crippen molar-refractivity contribution in [2.45, 2.75) is 19.3 Å². The Morgan fingerprint density at radius 1 is 1.10 bits per heavy atom. The van der Waals surface area contributed by atoms with Gasteiger partial charge in [-0.1, -0.05) is 30.4 Å². The number of hydrogen-bond donors (Lipinski definition) is 1. The number of carbonyl (C=O) groups is 2. The van der Waals surface area contributed by atoms with Crippen LogP contribution in [0, 0.1) is 0 Å². The van der Waals surface area contributed by atoms with Gasteiger partial charge < -0.3 is 15.0 Å². The number of benzene rings is 1. The van der Waals surface area contributed by atoms with E-state index in [9.17, 15) is 9.59 Å². The van der Waals surface area contributed by atoms with Crippen molar-refractivity contribution < 1.29 is 14.3 Å². The molecule has 0 saturated heterocycles. The molecule has 2 rings (SSSR count). The highest BCUT2D eigenvalue weighted by molar-refractivity contribution is 5.96.